The average Bonchev–Trinajstić information content (AvgIpc) is 1.48. The Morgan fingerprint density at radius 3 is 1.13 bits per heavy atom. The van der Waals surface area contributed by atoms with Crippen molar-refractivity contribution < 1.29 is 13.9 Å². The molecular formula is C95H58N6O3. The maximum absolute atomic E-state index is 7.54. The highest BCUT2D eigenvalue weighted by atomic mass is 16.5. The van der Waals surface area contributed by atoms with Gasteiger partial charge >= 0.3 is 0 Å². The Morgan fingerprint density at radius 2 is 0.625 bits per heavy atom. The first-order chi connectivity index (χ1) is 51.3. The molecule has 0 amide bonds. The van der Waals surface area contributed by atoms with Crippen LogP contribution in [0.1, 0.15) is 69.5 Å². The Balaban J connectivity index is 0.719. The molecule has 3 aromatic heterocycles. The number of fused-ring (bicyclic) bond motifs is 26. The van der Waals surface area contributed by atoms with Crippen molar-refractivity contribution in [2.45, 2.75) is 30.1 Å². The van der Waals surface area contributed by atoms with Crippen LogP contribution in [0.4, 0.5) is 0 Å². The number of nitrogens with zero attached hydrogens (tertiary/aromatic N) is 6. The summed E-state index contributed by atoms with van der Waals surface area (Å²) in [4.78, 5) is 32.1. The van der Waals surface area contributed by atoms with Crippen LogP contribution in [0.15, 0.2) is 320 Å². The lowest BCUT2D eigenvalue weighted by atomic mass is 9.64. The van der Waals surface area contributed by atoms with Gasteiger partial charge in [0.05, 0.1) is 10.8 Å². The van der Waals surface area contributed by atoms with Crippen LogP contribution >= 0.6 is 0 Å². The van der Waals surface area contributed by atoms with Gasteiger partial charge in [-0.25, -0.2) is 29.9 Å². The Kier molecular flexibility index (Phi) is 12.2. The van der Waals surface area contributed by atoms with Crippen LogP contribution < -0.4 is 9.47 Å². The van der Waals surface area contributed by atoms with Crippen LogP contribution in [0.25, 0.3) is 135 Å². The van der Waals surface area contributed by atoms with Crippen molar-refractivity contribution in [3.05, 3.63) is 371 Å². The van der Waals surface area contributed by atoms with Gasteiger partial charge in [0.2, 0.25) is 0 Å². The molecule has 0 bridgehead atoms. The van der Waals surface area contributed by atoms with Gasteiger partial charge in [-0.2, -0.15) is 0 Å². The number of aromatic nitrogens is 6. The summed E-state index contributed by atoms with van der Waals surface area (Å²) < 4.78 is 21.8. The number of benzene rings is 14. The fraction of sp³-hybridized carbons (Fsp3) is 0.0526. The Labute approximate surface area is 599 Å². The van der Waals surface area contributed by atoms with Crippen molar-refractivity contribution in [3.63, 3.8) is 0 Å². The third kappa shape index (κ3) is 7.97. The maximum atomic E-state index is 7.54. The zero-order valence-corrected chi connectivity index (χ0v) is 56.4. The van der Waals surface area contributed by atoms with Gasteiger partial charge in [0.15, 0.2) is 46.3 Å². The third-order valence-corrected chi connectivity index (χ3v) is 22.5. The molecule has 0 atom stereocenters. The molecule has 14 aromatic carbocycles. The molecule has 3 aliphatic carbocycles. The van der Waals surface area contributed by atoms with Crippen molar-refractivity contribution in [2.75, 3.05) is 0 Å². The predicted molar refractivity (Wildman–Crippen MR) is 411 cm³/mol. The number of para-hydroxylation sites is 2. The minimum absolute atomic E-state index is 0.516. The normalized spacial score (nSPS) is 14.2. The Hall–Kier alpha value is -13.5. The highest BCUT2D eigenvalue weighted by Gasteiger charge is 2.55. The number of ether oxygens (including phenoxy) is 2. The van der Waals surface area contributed by atoms with Gasteiger partial charge in [0.1, 0.15) is 22.8 Å². The van der Waals surface area contributed by atoms with Gasteiger partial charge in [-0.3, -0.25) is 0 Å². The first kappa shape index (κ1) is 58.3. The summed E-state index contributed by atoms with van der Waals surface area (Å²) in [5.41, 5.74) is 25.1. The van der Waals surface area contributed by atoms with Gasteiger partial charge in [-0.1, -0.05) is 299 Å². The molecule has 9 nitrogen and oxygen atoms in total. The van der Waals surface area contributed by atoms with E-state index in [1.165, 1.54) is 44.5 Å². The summed E-state index contributed by atoms with van der Waals surface area (Å²) in [5, 5.41) is 1.78. The van der Waals surface area contributed by atoms with E-state index in [0.29, 0.717) is 51.9 Å². The van der Waals surface area contributed by atoms with Gasteiger partial charge in [-0.15, -0.1) is 0 Å². The van der Waals surface area contributed by atoms with Gasteiger partial charge in [0, 0.05) is 77.4 Å². The fourth-order valence-corrected chi connectivity index (χ4v) is 18.3. The summed E-state index contributed by atoms with van der Waals surface area (Å²) in [7, 11) is 0. The van der Waals surface area contributed by atoms with Crippen LogP contribution in [0.5, 0.6) is 23.0 Å². The smallest absolute Gasteiger partial charge is 0.178 e. The van der Waals surface area contributed by atoms with Crippen molar-refractivity contribution in [3.8, 4) is 136 Å². The fourth-order valence-electron chi connectivity index (χ4n) is 18.3. The SMILES string of the molecule is CC1(C)c2c(ccc3c2Oc2ccccc2C32c3ccccc3-c3ccccc32)-c2c(-c3nc(-c4ccccc4)nc(-c4ccccc4)n3)ccc(-c3ccc(-c4nc(-c5ccccc5)nc(-c5cccc6oc7c8c(ccc7c56)C5(c6ccccc6O8)c6ccccc6-c6ccccc65)n4)cc3)c21. The van der Waals surface area contributed by atoms with Crippen molar-refractivity contribution in [1.29, 1.82) is 0 Å². The molecule has 0 saturated heterocycles. The number of furan rings is 1. The summed E-state index contributed by atoms with van der Waals surface area (Å²) >= 11 is 0. The standard InChI is InChI=1S/C95H58N6O3/c1-93(2)82-60(49-50-68(92-99-87(56-25-6-3-7-26-56)96-88(100-92)57-27-8-4-9-28-57)81(82)65-51-53-75-85(83(65)93)102-77-42-22-20-40-73(77)94(75)69-36-16-12-31-61(69)62-32-13-17-37-70(62)94)55-45-47-59(48-46-55)90-97-89(58-29-10-5-11-30-58)98-91(101-90)67-35-24-44-79-80(67)66-52-54-76-86(84(66)104-79)103-78-43-23-21-41-74(78)95(76)71-38-18-14-33-63(71)64-34-15-19-39-72(64)95/h3-54H,1-2H3. The second-order valence-corrected chi connectivity index (χ2v) is 28.2. The quantitative estimate of drug-likeness (QED) is 0.154. The highest BCUT2D eigenvalue weighted by molar-refractivity contribution is 6.14. The number of hydrogen-bond donors (Lipinski definition) is 0. The lowest BCUT2D eigenvalue weighted by Crippen LogP contribution is -2.33. The largest absolute Gasteiger partial charge is 0.456 e. The maximum Gasteiger partial charge on any atom is 0.178 e. The molecule has 5 heterocycles. The molecule has 2 spiro atoms. The van der Waals surface area contributed by atoms with Crippen LogP contribution in [-0.2, 0) is 16.2 Å². The van der Waals surface area contributed by atoms with Gasteiger partial charge in [0.25, 0.3) is 0 Å². The molecule has 0 fully saturated rings. The highest BCUT2D eigenvalue weighted by Crippen LogP contribution is 2.68. The summed E-state index contributed by atoms with van der Waals surface area (Å²) in [6.45, 7) is 4.72. The zero-order valence-electron chi connectivity index (χ0n) is 56.4. The van der Waals surface area contributed by atoms with E-state index in [-0.39, 0.29) is 0 Å². The van der Waals surface area contributed by atoms with E-state index in [1.807, 2.05) is 72.8 Å². The second-order valence-electron chi connectivity index (χ2n) is 28.2. The van der Waals surface area contributed by atoms with Crippen molar-refractivity contribution in [1.82, 2.24) is 29.9 Å². The van der Waals surface area contributed by atoms with E-state index < -0.39 is 16.2 Å². The molecule has 0 N–H and O–H groups in total. The molecule has 104 heavy (non-hydrogen) atoms. The number of rotatable bonds is 7. The topological polar surface area (TPSA) is 109 Å². The molecule has 2 aliphatic heterocycles. The first-order valence-electron chi connectivity index (χ1n) is 35.4. The van der Waals surface area contributed by atoms with Crippen molar-refractivity contribution >= 4 is 21.9 Å². The van der Waals surface area contributed by atoms with Gasteiger partial charge < -0.3 is 13.9 Å². The molecule has 5 aliphatic rings. The van der Waals surface area contributed by atoms with E-state index in [4.69, 9.17) is 43.8 Å². The summed E-state index contributed by atoms with van der Waals surface area (Å²) in [6, 6.07) is 112. The van der Waals surface area contributed by atoms with Crippen LogP contribution in [-0.4, -0.2) is 29.9 Å². The minimum atomic E-state index is -0.668. The van der Waals surface area contributed by atoms with Gasteiger partial charge in [-0.05, 0) is 103 Å². The van der Waals surface area contributed by atoms with Crippen LogP contribution in [0.2, 0.25) is 0 Å². The zero-order chi connectivity index (χ0) is 68.6. The van der Waals surface area contributed by atoms with E-state index in [2.05, 4.69) is 257 Å². The predicted octanol–water partition coefficient (Wildman–Crippen LogP) is 22.9. The monoisotopic (exact) mass is 1330 g/mol. The summed E-state index contributed by atoms with van der Waals surface area (Å²) in [6.07, 6.45) is 0. The molecule has 0 radical (unpaired) electrons. The molecule has 0 unspecified atom stereocenters. The molecule has 22 rings (SSSR count). The lowest BCUT2D eigenvalue weighted by molar-refractivity contribution is 0.423. The van der Waals surface area contributed by atoms with Crippen molar-refractivity contribution in [2.24, 2.45) is 0 Å². The van der Waals surface area contributed by atoms with E-state index in [9.17, 15) is 0 Å². The minimum Gasteiger partial charge on any atom is -0.456 e. The molecular weight excluding hydrogens is 1270 g/mol. The Morgan fingerprint density at radius 1 is 0.250 bits per heavy atom. The van der Waals surface area contributed by atoms with E-state index in [1.54, 1.807) is 0 Å². The first-order valence-corrected chi connectivity index (χ1v) is 35.4. The molecule has 486 valence electrons. The Bertz CT molecular complexity index is 6370. The number of hydrogen-bond acceptors (Lipinski definition) is 9. The summed E-state index contributed by atoms with van der Waals surface area (Å²) in [5.74, 6) is 6.53. The molecule has 0 saturated carbocycles. The lowest BCUT2D eigenvalue weighted by Gasteiger charge is -2.41. The molecule has 17 aromatic rings. The van der Waals surface area contributed by atoms with E-state index >= 15 is 0 Å². The average molecular weight is 1330 g/mol. The third-order valence-electron chi connectivity index (χ3n) is 22.5. The molecule has 9 heteroatoms. The van der Waals surface area contributed by atoms with Crippen LogP contribution in [0, 0.1) is 0 Å². The van der Waals surface area contributed by atoms with E-state index in [0.717, 1.165) is 117 Å². The van der Waals surface area contributed by atoms with Crippen LogP contribution in [0.3, 0.4) is 0 Å². The second kappa shape index (κ2) is 21.8.